The third-order valence-corrected chi connectivity index (χ3v) is 3.73. The van der Waals surface area contributed by atoms with Crippen molar-refractivity contribution < 1.29 is 0 Å². The third-order valence-electron chi connectivity index (χ3n) is 3.73. The van der Waals surface area contributed by atoms with E-state index in [1.165, 1.54) is 29.8 Å². The molecule has 1 N–H and O–H groups in total. The Hall–Kier alpha value is -0.830. The van der Waals surface area contributed by atoms with Crippen molar-refractivity contribution in [2.24, 2.45) is 0 Å². The van der Waals surface area contributed by atoms with Crippen LogP contribution in [-0.2, 0) is 6.42 Å². The molecule has 3 heteroatoms. The summed E-state index contributed by atoms with van der Waals surface area (Å²) in [5.41, 5.74) is 3.92. The van der Waals surface area contributed by atoms with Gasteiger partial charge in [-0.05, 0) is 46.1 Å². The summed E-state index contributed by atoms with van der Waals surface area (Å²) in [5.74, 6) is 0. The van der Waals surface area contributed by atoms with E-state index in [0.29, 0.717) is 12.1 Å². The zero-order chi connectivity index (χ0) is 13.7. The van der Waals surface area contributed by atoms with Crippen LogP contribution in [0.15, 0.2) is 0 Å². The van der Waals surface area contributed by atoms with Gasteiger partial charge in [-0.1, -0.05) is 20.3 Å². The van der Waals surface area contributed by atoms with Gasteiger partial charge in [0.2, 0.25) is 0 Å². The first-order chi connectivity index (χ1) is 8.51. The maximum Gasteiger partial charge on any atom is 0.0628 e. The number of nitrogens with zero attached hydrogens (tertiary/aromatic N) is 2. The number of aromatic nitrogens is 2. The SMILES string of the molecule is CCCC(C)NCC(C)n1nc(C)c(CC)c1C. The molecule has 1 aromatic heterocycles. The Balaban J connectivity index is 2.64. The molecule has 3 nitrogen and oxygen atoms in total. The standard InChI is InChI=1S/C15H29N3/c1-7-9-11(3)16-10-12(4)18-14(6)15(8-2)13(5)17-18/h11-12,16H,7-10H2,1-6H3. The number of aryl methyl sites for hydroxylation is 1. The summed E-state index contributed by atoms with van der Waals surface area (Å²) in [6, 6.07) is 1.02. The van der Waals surface area contributed by atoms with E-state index in [0.717, 1.165) is 13.0 Å². The van der Waals surface area contributed by atoms with Crippen LogP contribution in [0.5, 0.6) is 0 Å². The van der Waals surface area contributed by atoms with Crippen molar-refractivity contribution in [3.8, 4) is 0 Å². The molecule has 0 aliphatic carbocycles. The zero-order valence-corrected chi connectivity index (χ0v) is 12.9. The smallest absolute Gasteiger partial charge is 0.0628 e. The molecular weight excluding hydrogens is 222 g/mol. The van der Waals surface area contributed by atoms with Crippen molar-refractivity contribution in [3.63, 3.8) is 0 Å². The highest BCUT2D eigenvalue weighted by Gasteiger charge is 2.14. The molecule has 2 atom stereocenters. The number of hydrogen-bond acceptors (Lipinski definition) is 2. The van der Waals surface area contributed by atoms with E-state index < -0.39 is 0 Å². The van der Waals surface area contributed by atoms with Crippen LogP contribution < -0.4 is 5.32 Å². The van der Waals surface area contributed by atoms with Crippen LogP contribution in [0.4, 0.5) is 0 Å². The van der Waals surface area contributed by atoms with Gasteiger partial charge in [0.1, 0.15) is 0 Å². The predicted octanol–water partition coefficient (Wildman–Crippen LogP) is 3.40. The summed E-state index contributed by atoms with van der Waals surface area (Å²) in [6.45, 7) is 14.2. The van der Waals surface area contributed by atoms with Gasteiger partial charge in [-0.15, -0.1) is 0 Å². The first-order valence-corrected chi connectivity index (χ1v) is 7.29. The topological polar surface area (TPSA) is 29.9 Å². The van der Waals surface area contributed by atoms with E-state index in [-0.39, 0.29) is 0 Å². The summed E-state index contributed by atoms with van der Waals surface area (Å²) >= 11 is 0. The minimum Gasteiger partial charge on any atom is -0.312 e. The van der Waals surface area contributed by atoms with Gasteiger partial charge in [0.15, 0.2) is 0 Å². The number of nitrogens with one attached hydrogen (secondary N) is 1. The summed E-state index contributed by atoms with van der Waals surface area (Å²) in [7, 11) is 0. The van der Waals surface area contributed by atoms with Crippen molar-refractivity contribution in [2.75, 3.05) is 6.54 Å². The highest BCUT2D eigenvalue weighted by Crippen LogP contribution is 2.17. The quantitative estimate of drug-likeness (QED) is 0.805. The Morgan fingerprint density at radius 1 is 1.22 bits per heavy atom. The Bertz CT molecular complexity index is 368. The summed E-state index contributed by atoms with van der Waals surface area (Å²) in [5, 5.41) is 8.28. The average molecular weight is 251 g/mol. The van der Waals surface area contributed by atoms with Gasteiger partial charge in [-0.2, -0.15) is 5.10 Å². The Kier molecular flexibility index (Phi) is 5.86. The molecule has 0 radical (unpaired) electrons. The molecule has 0 spiro atoms. The lowest BCUT2D eigenvalue weighted by Crippen LogP contribution is -2.32. The van der Waals surface area contributed by atoms with E-state index in [9.17, 15) is 0 Å². The van der Waals surface area contributed by atoms with Gasteiger partial charge >= 0.3 is 0 Å². The first kappa shape index (κ1) is 15.2. The van der Waals surface area contributed by atoms with E-state index in [1.807, 2.05) is 0 Å². The maximum absolute atomic E-state index is 4.68. The largest absolute Gasteiger partial charge is 0.312 e. The van der Waals surface area contributed by atoms with Crippen LogP contribution in [0.1, 0.15) is 63.5 Å². The van der Waals surface area contributed by atoms with E-state index >= 15 is 0 Å². The van der Waals surface area contributed by atoms with Gasteiger partial charge in [0, 0.05) is 18.3 Å². The van der Waals surface area contributed by atoms with Crippen LogP contribution >= 0.6 is 0 Å². The summed E-state index contributed by atoms with van der Waals surface area (Å²) in [6.07, 6.45) is 3.55. The molecule has 0 aliphatic heterocycles. The first-order valence-electron chi connectivity index (χ1n) is 7.29. The molecule has 0 bridgehead atoms. The Labute approximate surface area is 112 Å². The van der Waals surface area contributed by atoms with Crippen LogP contribution in [0, 0.1) is 13.8 Å². The second-order valence-corrected chi connectivity index (χ2v) is 5.39. The maximum atomic E-state index is 4.68. The van der Waals surface area contributed by atoms with Gasteiger partial charge < -0.3 is 5.32 Å². The minimum atomic E-state index is 0.420. The normalized spacial score (nSPS) is 14.8. The fraction of sp³-hybridized carbons (Fsp3) is 0.800. The summed E-state index contributed by atoms with van der Waals surface area (Å²) < 4.78 is 2.18. The highest BCUT2D eigenvalue weighted by atomic mass is 15.3. The Morgan fingerprint density at radius 3 is 2.39 bits per heavy atom. The molecule has 0 amide bonds. The fourth-order valence-corrected chi connectivity index (χ4v) is 2.63. The van der Waals surface area contributed by atoms with Crippen LogP contribution in [0.2, 0.25) is 0 Å². The predicted molar refractivity (Wildman–Crippen MR) is 78.2 cm³/mol. The molecular formula is C15H29N3. The number of hydrogen-bond donors (Lipinski definition) is 1. The zero-order valence-electron chi connectivity index (χ0n) is 12.9. The molecule has 0 saturated carbocycles. The van der Waals surface area contributed by atoms with Crippen molar-refractivity contribution in [1.29, 1.82) is 0 Å². The van der Waals surface area contributed by atoms with Gasteiger partial charge in [-0.3, -0.25) is 4.68 Å². The molecule has 0 aliphatic rings. The lowest BCUT2D eigenvalue weighted by atomic mass is 10.1. The van der Waals surface area contributed by atoms with Crippen molar-refractivity contribution in [1.82, 2.24) is 15.1 Å². The van der Waals surface area contributed by atoms with E-state index in [1.54, 1.807) is 0 Å². The lowest BCUT2D eigenvalue weighted by Gasteiger charge is -2.19. The molecule has 0 saturated heterocycles. The molecule has 104 valence electrons. The second-order valence-electron chi connectivity index (χ2n) is 5.39. The number of rotatable bonds is 7. The van der Waals surface area contributed by atoms with Gasteiger partial charge in [0.05, 0.1) is 11.7 Å². The monoisotopic (exact) mass is 251 g/mol. The fourth-order valence-electron chi connectivity index (χ4n) is 2.63. The van der Waals surface area contributed by atoms with E-state index in [4.69, 9.17) is 0 Å². The molecule has 0 fully saturated rings. The average Bonchev–Trinajstić information content (AvgIpc) is 2.62. The molecule has 1 rings (SSSR count). The second kappa shape index (κ2) is 6.93. The molecule has 1 aromatic rings. The molecule has 0 aromatic carbocycles. The lowest BCUT2D eigenvalue weighted by molar-refractivity contribution is 0.406. The van der Waals surface area contributed by atoms with Crippen molar-refractivity contribution in [3.05, 3.63) is 17.0 Å². The third kappa shape index (κ3) is 3.58. The van der Waals surface area contributed by atoms with Crippen LogP contribution in [0.25, 0.3) is 0 Å². The highest BCUT2D eigenvalue weighted by molar-refractivity contribution is 5.24. The minimum absolute atomic E-state index is 0.420. The molecule has 1 heterocycles. The van der Waals surface area contributed by atoms with Gasteiger partial charge in [-0.25, -0.2) is 0 Å². The molecule has 18 heavy (non-hydrogen) atoms. The van der Waals surface area contributed by atoms with Crippen LogP contribution in [-0.4, -0.2) is 22.4 Å². The van der Waals surface area contributed by atoms with Gasteiger partial charge in [0.25, 0.3) is 0 Å². The van der Waals surface area contributed by atoms with E-state index in [2.05, 4.69) is 56.6 Å². The van der Waals surface area contributed by atoms with Crippen molar-refractivity contribution in [2.45, 2.75) is 72.9 Å². The summed E-state index contributed by atoms with van der Waals surface area (Å²) in [4.78, 5) is 0. The van der Waals surface area contributed by atoms with Crippen LogP contribution in [0.3, 0.4) is 0 Å². The Morgan fingerprint density at radius 2 is 1.89 bits per heavy atom. The molecule has 2 unspecified atom stereocenters. The van der Waals surface area contributed by atoms with Crippen molar-refractivity contribution >= 4 is 0 Å².